The molecule has 0 aromatic carbocycles. The third-order valence-corrected chi connectivity index (χ3v) is 2.53. The Kier molecular flexibility index (Phi) is 3.96. The van der Waals surface area contributed by atoms with Crippen molar-refractivity contribution in [3.05, 3.63) is 11.5 Å². The number of hydrogen-bond donors (Lipinski definition) is 1. The number of nitrogens with one attached hydrogen (secondary N) is 1. The van der Waals surface area contributed by atoms with E-state index in [1.807, 2.05) is 25.3 Å². The minimum atomic E-state index is -0.880. The van der Waals surface area contributed by atoms with Crippen LogP contribution in [0.15, 0.2) is 11.5 Å². The van der Waals surface area contributed by atoms with E-state index in [0.29, 0.717) is 24.7 Å². The van der Waals surface area contributed by atoms with Crippen LogP contribution in [0.25, 0.3) is 0 Å². The van der Waals surface area contributed by atoms with Gasteiger partial charge in [-0.05, 0) is 25.3 Å². The van der Waals surface area contributed by atoms with Gasteiger partial charge in [0.25, 0.3) is 0 Å². The monoisotopic (exact) mass is 201 g/mol. The van der Waals surface area contributed by atoms with Crippen molar-refractivity contribution in [2.75, 3.05) is 19.0 Å². The maximum absolute atomic E-state index is 7.78. The van der Waals surface area contributed by atoms with Crippen LogP contribution >= 0.6 is 11.8 Å². The predicted octanol–water partition coefficient (Wildman–Crippen LogP) is 2.04. The average Bonchev–Trinajstić information content (AvgIpc) is 2.11. The van der Waals surface area contributed by atoms with Gasteiger partial charge in [0.1, 0.15) is 0 Å². The molecule has 1 N–H and O–H groups in total. The normalized spacial score (nSPS) is 20.6. The summed E-state index contributed by atoms with van der Waals surface area (Å²) >= 11 is 1.59. The summed E-state index contributed by atoms with van der Waals surface area (Å²) < 4.78 is 11.0. The van der Waals surface area contributed by atoms with Gasteiger partial charge in [-0.25, -0.2) is 0 Å². The van der Waals surface area contributed by atoms with Crippen molar-refractivity contribution >= 4 is 17.5 Å². The van der Waals surface area contributed by atoms with Crippen LogP contribution in [0.3, 0.4) is 0 Å². The Morgan fingerprint density at radius 1 is 1.46 bits per heavy atom. The summed E-state index contributed by atoms with van der Waals surface area (Å²) in [6, 6.07) is 0. The summed E-state index contributed by atoms with van der Waals surface area (Å²) in [5, 5.41) is 9.71. The lowest BCUT2D eigenvalue weighted by Crippen LogP contribution is -2.44. The maximum atomic E-state index is 7.78. The Hall–Kier alpha value is -0.320. The van der Waals surface area contributed by atoms with Crippen LogP contribution in [0, 0.1) is 5.41 Å². The topological polar surface area (TPSA) is 42.3 Å². The van der Waals surface area contributed by atoms with Crippen LogP contribution in [-0.2, 0) is 9.47 Å². The highest BCUT2D eigenvalue weighted by Gasteiger charge is 2.35. The SMILES string of the molecule is CCOC1(OCC)C=CSCC1=N. The number of ether oxygens (including phenoxy) is 2. The minimum Gasteiger partial charge on any atom is -0.342 e. The molecule has 0 saturated heterocycles. The number of rotatable bonds is 4. The molecule has 1 aliphatic rings. The zero-order chi connectivity index (χ0) is 9.73. The zero-order valence-electron chi connectivity index (χ0n) is 8.00. The van der Waals surface area contributed by atoms with Crippen molar-refractivity contribution in [3.8, 4) is 0 Å². The number of hydrogen-bond acceptors (Lipinski definition) is 4. The second kappa shape index (κ2) is 4.79. The fourth-order valence-corrected chi connectivity index (χ4v) is 1.95. The molecule has 0 radical (unpaired) electrons. The van der Waals surface area contributed by atoms with Crippen molar-refractivity contribution in [1.29, 1.82) is 5.41 Å². The van der Waals surface area contributed by atoms with E-state index in [0.717, 1.165) is 0 Å². The van der Waals surface area contributed by atoms with Crippen LogP contribution in [-0.4, -0.2) is 30.5 Å². The van der Waals surface area contributed by atoms with Gasteiger partial charge in [0, 0.05) is 19.0 Å². The first-order valence-corrected chi connectivity index (χ1v) is 5.45. The average molecular weight is 201 g/mol. The van der Waals surface area contributed by atoms with Gasteiger partial charge < -0.3 is 14.9 Å². The van der Waals surface area contributed by atoms with E-state index in [4.69, 9.17) is 14.9 Å². The number of thioether (sulfide) groups is 1. The molecule has 4 heteroatoms. The van der Waals surface area contributed by atoms with E-state index in [9.17, 15) is 0 Å². The smallest absolute Gasteiger partial charge is 0.229 e. The van der Waals surface area contributed by atoms with Crippen molar-refractivity contribution < 1.29 is 9.47 Å². The molecule has 1 rings (SSSR count). The Balaban J connectivity index is 2.79. The molecule has 0 aliphatic carbocycles. The molecular formula is C9H15NO2S. The molecule has 0 atom stereocenters. The van der Waals surface area contributed by atoms with E-state index >= 15 is 0 Å². The highest BCUT2D eigenvalue weighted by Crippen LogP contribution is 2.26. The quantitative estimate of drug-likeness (QED) is 0.708. The highest BCUT2D eigenvalue weighted by molar-refractivity contribution is 8.02. The molecule has 3 nitrogen and oxygen atoms in total. The van der Waals surface area contributed by atoms with Gasteiger partial charge in [0.2, 0.25) is 5.79 Å². The molecule has 13 heavy (non-hydrogen) atoms. The molecule has 1 heterocycles. The lowest BCUT2D eigenvalue weighted by Gasteiger charge is -2.32. The zero-order valence-corrected chi connectivity index (χ0v) is 8.82. The van der Waals surface area contributed by atoms with E-state index < -0.39 is 5.79 Å². The van der Waals surface area contributed by atoms with Gasteiger partial charge in [-0.1, -0.05) is 0 Å². The lowest BCUT2D eigenvalue weighted by molar-refractivity contribution is -0.151. The molecule has 0 unspecified atom stereocenters. The fourth-order valence-electron chi connectivity index (χ4n) is 1.21. The van der Waals surface area contributed by atoms with Crippen LogP contribution in [0.1, 0.15) is 13.8 Å². The van der Waals surface area contributed by atoms with Gasteiger partial charge in [0.15, 0.2) is 0 Å². The molecule has 0 saturated carbocycles. The second-order valence-electron chi connectivity index (χ2n) is 2.63. The molecule has 0 aromatic rings. The Labute approximate surface area is 83.0 Å². The lowest BCUT2D eigenvalue weighted by atomic mass is 10.1. The van der Waals surface area contributed by atoms with E-state index in [2.05, 4.69) is 0 Å². The van der Waals surface area contributed by atoms with E-state index in [1.54, 1.807) is 11.8 Å². The van der Waals surface area contributed by atoms with Gasteiger partial charge >= 0.3 is 0 Å². The molecular weight excluding hydrogens is 186 g/mol. The van der Waals surface area contributed by atoms with Crippen LogP contribution < -0.4 is 0 Å². The second-order valence-corrected chi connectivity index (χ2v) is 3.52. The summed E-state index contributed by atoms with van der Waals surface area (Å²) in [4.78, 5) is 0. The molecule has 74 valence electrons. The van der Waals surface area contributed by atoms with Gasteiger partial charge in [-0.2, -0.15) is 0 Å². The van der Waals surface area contributed by atoms with Gasteiger partial charge in [-0.3, -0.25) is 0 Å². The van der Waals surface area contributed by atoms with Crippen molar-refractivity contribution in [2.45, 2.75) is 19.6 Å². The summed E-state index contributed by atoms with van der Waals surface area (Å²) in [6.45, 7) is 4.92. The van der Waals surface area contributed by atoms with Crippen LogP contribution in [0.4, 0.5) is 0 Å². The van der Waals surface area contributed by atoms with Crippen molar-refractivity contribution in [2.24, 2.45) is 0 Å². The summed E-state index contributed by atoms with van der Waals surface area (Å²) in [5.41, 5.74) is 0.490. The van der Waals surface area contributed by atoms with Crippen LogP contribution in [0.2, 0.25) is 0 Å². The largest absolute Gasteiger partial charge is 0.342 e. The fraction of sp³-hybridized carbons (Fsp3) is 0.667. The Morgan fingerprint density at radius 2 is 2.08 bits per heavy atom. The Morgan fingerprint density at radius 3 is 2.54 bits per heavy atom. The van der Waals surface area contributed by atoms with Gasteiger partial charge in [0.05, 0.1) is 5.71 Å². The highest BCUT2D eigenvalue weighted by atomic mass is 32.2. The molecule has 1 aliphatic heterocycles. The minimum absolute atomic E-state index is 0.490. The molecule has 0 fully saturated rings. The first kappa shape index (κ1) is 10.8. The molecule has 0 bridgehead atoms. The first-order chi connectivity index (χ1) is 6.25. The molecule has 0 spiro atoms. The van der Waals surface area contributed by atoms with E-state index in [1.165, 1.54) is 0 Å². The van der Waals surface area contributed by atoms with Crippen molar-refractivity contribution in [1.82, 2.24) is 0 Å². The predicted molar refractivity (Wildman–Crippen MR) is 55.3 cm³/mol. The van der Waals surface area contributed by atoms with Gasteiger partial charge in [-0.15, -0.1) is 11.8 Å². The summed E-state index contributed by atoms with van der Waals surface area (Å²) in [7, 11) is 0. The van der Waals surface area contributed by atoms with E-state index in [-0.39, 0.29) is 0 Å². The Bertz CT molecular complexity index is 210. The first-order valence-electron chi connectivity index (χ1n) is 4.40. The van der Waals surface area contributed by atoms with Crippen LogP contribution in [0.5, 0.6) is 0 Å². The third-order valence-electron chi connectivity index (χ3n) is 1.75. The van der Waals surface area contributed by atoms with Crippen molar-refractivity contribution in [3.63, 3.8) is 0 Å². The molecule has 0 aromatic heterocycles. The molecule has 0 amide bonds. The summed E-state index contributed by atoms with van der Waals surface area (Å²) in [5.74, 6) is -0.231. The summed E-state index contributed by atoms with van der Waals surface area (Å²) in [6.07, 6.45) is 1.82. The maximum Gasteiger partial charge on any atom is 0.229 e. The third kappa shape index (κ3) is 2.33. The standard InChI is InChI=1S/C9H15NO2S/c1-3-11-9(12-4-2)5-6-13-7-8(9)10/h5-6,10H,3-4,7H2,1-2H3.